The van der Waals surface area contributed by atoms with Crippen molar-refractivity contribution in [3.63, 3.8) is 0 Å². The molecule has 0 atom stereocenters. The fraction of sp³-hybridized carbons (Fsp3) is 0.444. The SMILES string of the molecule is COc1cnc(CO)c(C(F)F)c1C. The minimum atomic E-state index is -2.65. The van der Waals surface area contributed by atoms with Gasteiger partial charge in [-0.05, 0) is 6.92 Å². The van der Waals surface area contributed by atoms with Crippen molar-refractivity contribution in [2.24, 2.45) is 0 Å². The summed E-state index contributed by atoms with van der Waals surface area (Å²) in [7, 11) is 1.39. The molecule has 0 radical (unpaired) electrons. The maximum Gasteiger partial charge on any atom is 0.266 e. The molecule has 1 rings (SSSR count). The first-order valence-corrected chi connectivity index (χ1v) is 4.03. The zero-order chi connectivity index (χ0) is 10.7. The molecular weight excluding hydrogens is 192 g/mol. The van der Waals surface area contributed by atoms with Gasteiger partial charge in [0.15, 0.2) is 0 Å². The fourth-order valence-electron chi connectivity index (χ4n) is 1.27. The molecule has 1 heterocycles. The quantitative estimate of drug-likeness (QED) is 0.814. The molecule has 0 saturated heterocycles. The average molecular weight is 203 g/mol. The number of aliphatic hydroxyl groups is 1. The Balaban J connectivity index is 3.31. The van der Waals surface area contributed by atoms with Gasteiger partial charge < -0.3 is 9.84 Å². The number of pyridine rings is 1. The van der Waals surface area contributed by atoms with Gasteiger partial charge in [0.2, 0.25) is 0 Å². The van der Waals surface area contributed by atoms with E-state index in [0.29, 0.717) is 11.3 Å². The van der Waals surface area contributed by atoms with Gasteiger partial charge in [0.25, 0.3) is 6.43 Å². The third kappa shape index (κ3) is 1.82. The topological polar surface area (TPSA) is 42.4 Å². The Hall–Kier alpha value is -1.23. The number of rotatable bonds is 3. The monoisotopic (exact) mass is 203 g/mol. The van der Waals surface area contributed by atoms with Crippen molar-refractivity contribution in [1.82, 2.24) is 4.98 Å². The summed E-state index contributed by atoms with van der Waals surface area (Å²) in [6.45, 7) is 1.02. The lowest BCUT2D eigenvalue weighted by Gasteiger charge is -2.12. The summed E-state index contributed by atoms with van der Waals surface area (Å²) in [4.78, 5) is 3.70. The number of aromatic nitrogens is 1. The molecule has 78 valence electrons. The van der Waals surface area contributed by atoms with Gasteiger partial charge in [0, 0.05) is 11.1 Å². The van der Waals surface area contributed by atoms with Crippen LogP contribution in [0.15, 0.2) is 6.20 Å². The van der Waals surface area contributed by atoms with Crippen LogP contribution in [0.1, 0.15) is 23.2 Å². The summed E-state index contributed by atoms with van der Waals surface area (Å²) in [5.41, 5.74) is 0.0756. The smallest absolute Gasteiger partial charge is 0.266 e. The van der Waals surface area contributed by atoms with Crippen LogP contribution in [0.3, 0.4) is 0 Å². The first kappa shape index (κ1) is 10.8. The third-order valence-electron chi connectivity index (χ3n) is 2.01. The molecule has 0 aliphatic carbocycles. The van der Waals surface area contributed by atoms with Crippen LogP contribution < -0.4 is 4.74 Å². The highest BCUT2D eigenvalue weighted by Gasteiger charge is 2.19. The molecule has 0 aromatic carbocycles. The molecule has 0 bridgehead atoms. The predicted molar refractivity (Wildman–Crippen MR) is 46.4 cm³/mol. The lowest BCUT2D eigenvalue weighted by atomic mass is 10.1. The van der Waals surface area contributed by atoms with E-state index < -0.39 is 13.0 Å². The molecule has 1 N–H and O–H groups in total. The molecule has 1 aromatic rings. The summed E-state index contributed by atoms with van der Waals surface area (Å²) in [5, 5.41) is 8.82. The van der Waals surface area contributed by atoms with Crippen molar-refractivity contribution in [3.05, 3.63) is 23.0 Å². The summed E-state index contributed by atoms with van der Waals surface area (Å²) >= 11 is 0. The van der Waals surface area contributed by atoms with Gasteiger partial charge >= 0.3 is 0 Å². The number of aliphatic hydroxyl groups excluding tert-OH is 1. The Bertz CT molecular complexity index is 329. The average Bonchev–Trinajstić information content (AvgIpc) is 2.16. The molecule has 5 heteroatoms. The zero-order valence-corrected chi connectivity index (χ0v) is 7.92. The normalized spacial score (nSPS) is 10.7. The van der Waals surface area contributed by atoms with E-state index in [9.17, 15) is 8.78 Å². The van der Waals surface area contributed by atoms with Crippen LogP contribution in [0.4, 0.5) is 8.78 Å². The largest absolute Gasteiger partial charge is 0.495 e. The fourth-order valence-corrected chi connectivity index (χ4v) is 1.27. The van der Waals surface area contributed by atoms with Gasteiger partial charge in [0.1, 0.15) is 5.75 Å². The molecule has 14 heavy (non-hydrogen) atoms. The van der Waals surface area contributed by atoms with Crippen molar-refractivity contribution < 1.29 is 18.6 Å². The maximum absolute atomic E-state index is 12.6. The van der Waals surface area contributed by atoms with Crippen molar-refractivity contribution in [1.29, 1.82) is 0 Å². The van der Waals surface area contributed by atoms with Gasteiger partial charge in [-0.1, -0.05) is 0 Å². The third-order valence-corrected chi connectivity index (χ3v) is 2.01. The van der Waals surface area contributed by atoms with Crippen LogP contribution in [-0.2, 0) is 6.61 Å². The van der Waals surface area contributed by atoms with Crippen molar-refractivity contribution >= 4 is 0 Å². The lowest BCUT2D eigenvalue weighted by molar-refractivity contribution is 0.144. The number of halogens is 2. The highest BCUT2D eigenvalue weighted by atomic mass is 19.3. The van der Waals surface area contributed by atoms with Crippen LogP contribution in [0, 0.1) is 6.92 Å². The predicted octanol–water partition coefficient (Wildman–Crippen LogP) is 1.83. The summed E-state index contributed by atoms with van der Waals surface area (Å²) in [6.07, 6.45) is -1.33. The van der Waals surface area contributed by atoms with E-state index in [4.69, 9.17) is 9.84 Å². The van der Waals surface area contributed by atoms with Gasteiger partial charge in [-0.2, -0.15) is 0 Å². The van der Waals surface area contributed by atoms with Crippen LogP contribution in [0.25, 0.3) is 0 Å². The first-order valence-electron chi connectivity index (χ1n) is 4.03. The summed E-state index contributed by atoms with van der Waals surface area (Å²) < 4.78 is 30.0. The van der Waals surface area contributed by atoms with Crippen LogP contribution in [-0.4, -0.2) is 17.2 Å². The molecule has 1 aromatic heterocycles. The van der Waals surface area contributed by atoms with E-state index in [1.54, 1.807) is 0 Å². The number of nitrogens with zero attached hydrogens (tertiary/aromatic N) is 1. The molecule has 0 spiro atoms. The number of hydrogen-bond donors (Lipinski definition) is 1. The molecule has 0 aliphatic heterocycles. The van der Waals surface area contributed by atoms with Crippen molar-refractivity contribution in [2.45, 2.75) is 20.0 Å². The maximum atomic E-state index is 12.6. The molecular formula is C9H11F2NO2. The van der Waals surface area contributed by atoms with Gasteiger partial charge in [0.05, 0.1) is 25.6 Å². The second kappa shape index (κ2) is 4.32. The van der Waals surface area contributed by atoms with Gasteiger partial charge in [-0.3, -0.25) is 4.98 Å². The minimum absolute atomic E-state index is 0.00157. The number of methoxy groups -OCH3 is 1. The highest BCUT2D eigenvalue weighted by Crippen LogP contribution is 2.30. The Labute approximate surface area is 80.3 Å². The van der Waals surface area contributed by atoms with Gasteiger partial charge in [-0.15, -0.1) is 0 Å². The Kier molecular flexibility index (Phi) is 3.35. The second-order valence-corrected chi connectivity index (χ2v) is 2.77. The molecule has 0 saturated carbocycles. The Morgan fingerprint density at radius 2 is 2.21 bits per heavy atom. The van der Waals surface area contributed by atoms with Crippen LogP contribution in [0.5, 0.6) is 5.75 Å². The second-order valence-electron chi connectivity index (χ2n) is 2.77. The van der Waals surface area contributed by atoms with Crippen LogP contribution in [0.2, 0.25) is 0 Å². The Morgan fingerprint density at radius 3 is 2.64 bits per heavy atom. The molecule has 3 nitrogen and oxygen atoms in total. The van der Waals surface area contributed by atoms with E-state index in [2.05, 4.69) is 4.98 Å². The van der Waals surface area contributed by atoms with Gasteiger partial charge in [-0.25, -0.2) is 8.78 Å². The Morgan fingerprint density at radius 1 is 1.57 bits per heavy atom. The van der Waals surface area contributed by atoms with E-state index in [-0.39, 0.29) is 11.3 Å². The summed E-state index contributed by atoms with van der Waals surface area (Å²) in [5.74, 6) is 0.303. The summed E-state index contributed by atoms with van der Waals surface area (Å²) in [6, 6.07) is 0. The number of ether oxygens (including phenoxy) is 1. The van der Waals surface area contributed by atoms with Crippen molar-refractivity contribution in [2.75, 3.05) is 7.11 Å². The first-order chi connectivity index (χ1) is 6.61. The highest BCUT2D eigenvalue weighted by molar-refractivity contribution is 5.40. The number of hydrogen-bond acceptors (Lipinski definition) is 3. The van der Waals surface area contributed by atoms with E-state index in [1.165, 1.54) is 20.2 Å². The zero-order valence-electron chi connectivity index (χ0n) is 7.92. The van der Waals surface area contributed by atoms with Crippen LogP contribution >= 0.6 is 0 Å². The lowest BCUT2D eigenvalue weighted by Crippen LogP contribution is -2.03. The number of alkyl halides is 2. The van der Waals surface area contributed by atoms with E-state index >= 15 is 0 Å². The molecule has 0 amide bonds. The molecule has 0 aliphatic rings. The molecule has 0 fully saturated rings. The van der Waals surface area contributed by atoms with E-state index in [1.807, 2.05) is 0 Å². The minimum Gasteiger partial charge on any atom is -0.495 e. The van der Waals surface area contributed by atoms with E-state index in [0.717, 1.165) is 0 Å². The molecule has 0 unspecified atom stereocenters. The standard InChI is InChI=1S/C9H11F2NO2/c1-5-7(14-2)3-12-6(4-13)8(5)9(10)11/h3,9,13H,4H2,1-2H3. The van der Waals surface area contributed by atoms with Crippen molar-refractivity contribution in [3.8, 4) is 5.75 Å².